The Morgan fingerprint density at radius 2 is 1.75 bits per heavy atom. The molecule has 2 fully saturated rings. The number of hydrogen-bond donors (Lipinski definition) is 1. The number of rotatable bonds is 3. The molecule has 1 saturated carbocycles. The van der Waals surface area contributed by atoms with Crippen LogP contribution in [0.4, 0.5) is 0 Å². The number of likely N-dealkylation sites (tertiary alicyclic amines) is 1. The van der Waals surface area contributed by atoms with Crippen LogP contribution in [0.2, 0.25) is 0 Å². The van der Waals surface area contributed by atoms with Gasteiger partial charge < -0.3 is 10.0 Å². The van der Waals surface area contributed by atoms with Crippen LogP contribution in [0.15, 0.2) is 0 Å². The lowest BCUT2D eigenvalue weighted by atomic mass is 9.80. The fraction of sp³-hybridized carbons (Fsp3) is 1.00. The molecule has 16 heavy (non-hydrogen) atoms. The van der Waals surface area contributed by atoms with Crippen LogP contribution in [0.5, 0.6) is 0 Å². The Kier molecular flexibility index (Phi) is 4.66. The average Bonchev–Trinajstić information content (AvgIpc) is 2.33. The first-order valence-corrected chi connectivity index (χ1v) is 7.13. The summed E-state index contributed by atoms with van der Waals surface area (Å²) in [4.78, 5) is 2.64. The normalized spacial score (nSPS) is 34.1. The maximum Gasteiger partial charge on any atom is 0.0460 e. The van der Waals surface area contributed by atoms with Crippen LogP contribution >= 0.6 is 0 Å². The van der Waals surface area contributed by atoms with E-state index in [2.05, 4.69) is 11.8 Å². The maximum absolute atomic E-state index is 9.12. The quantitative estimate of drug-likeness (QED) is 0.798. The monoisotopic (exact) mass is 225 g/mol. The molecule has 2 heteroatoms. The van der Waals surface area contributed by atoms with Crippen molar-refractivity contribution in [2.24, 2.45) is 17.8 Å². The molecule has 0 amide bonds. The number of hydrogen-bond acceptors (Lipinski definition) is 2. The minimum atomic E-state index is 0.396. The summed E-state index contributed by atoms with van der Waals surface area (Å²) < 4.78 is 0. The molecule has 0 aromatic heterocycles. The van der Waals surface area contributed by atoms with E-state index < -0.39 is 0 Å². The fourth-order valence-corrected chi connectivity index (χ4v) is 3.35. The minimum absolute atomic E-state index is 0.396. The molecule has 2 unspecified atom stereocenters. The highest BCUT2D eigenvalue weighted by Gasteiger charge is 2.25. The van der Waals surface area contributed by atoms with Gasteiger partial charge in [0, 0.05) is 13.2 Å². The van der Waals surface area contributed by atoms with Gasteiger partial charge in [0.2, 0.25) is 0 Å². The van der Waals surface area contributed by atoms with Crippen LogP contribution < -0.4 is 0 Å². The minimum Gasteiger partial charge on any atom is -0.396 e. The first-order valence-electron chi connectivity index (χ1n) is 7.13. The molecule has 2 nitrogen and oxygen atoms in total. The zero-order valence-electron chi connectivity index (χ0n) is 10.7. The van der Waals surface area contributed by atoms with E-state index in [1.807, 2.05) is 0 Å². The molecule has 1 heterocycles. The van der Waals surface area contributed by atoms with Gasteiger partial charge in [-0.2, -0.15) is 0 Å². The number of aliphatic hydroxyl groups is 1. The first-order chi connectivity index (χ1) is 7.79. The first kappa shape index (κ1) is 12.4. The molecular weight excluding hydrogens is 198 g/mol. The predicted octanol–water partition coefficient (Wildman–Crippen LogP) is 2.52. The van der Waals surface area contributed by atoms with E-state index in [0.717, 1.165) is 11.8 Å². The Morgan fingerprint density at radius 3 is 2.38 bits per heavy atom. The summed E-state index contributed by atoms with van der Waals surface area (Å²) in [6.45, 7) is 6.58. The molecular formula is C14H27NO. The molecule has 1 aliphatic heterocycles. The second kappa shape index (κ2) is 6.02. The van der Waals surface area contributed by atoms with Gasteiger partial charge in [-0.25, -0.2) is 0 Å². The molecule has 94 valence electrons. The Bertz CT molecular complexity index is 199. The Labute approximate surface area is 100 Å². The van der Waals surface area contributed by atoms with Crippen LogP contribution in [-0.4, -0.2) is 36.2 Å². The van der Waals surface area contributed by atoms with E-state index in [4.69, 9.17) is 5.11 Å². The van der Waals surface area contributed by atoms with Crippen molar-refractivity contribution in [3.05, 3.63) is 0 Å². The van der Waals surface area contributed by atoms with Crippen molar-refractivity contribution >= 4 is 0 Å². The van der Waals surface area contributed by atoms with E-state index in [-0.39, 0.29) is 0 Å². The maximum atomic E-state index is 9.12. The zero-order chi connectivity index (χ0) is 11.4. The second-order valence-electron chi connectivity index (χ2n) is 5.95. The number of nitrogens with zero attached hydrogens (tertiary/aromatic N) is 1. The molecule has 2 rings (SSSR count). The van der Waals surface area contributed by atoms with E-state index >= 15 is 0 Å². The lowest BCUT2D eigenvalue weighted by Gasteiger charge is -2.37. The smallest absolute Gasteiger partial charge is 0.0460 e. The van der Waals surface area contributed by atoms with Crippen molar-refractivity contribution < 1.29 is 5.11 Å². The van der Waals surface area contributed by atoms with Crippen LogP contribution in [0.3, 0.4) is 0 Å². The highest BCUT2D eigenvalue weighted by molar-refractivity contribution is 4.78. The summed E-state index contributed by atoms with van der Waals surface area (Å²) in [7, 11) is 0. The van der Waals surface area contributed by atoms with Crippen molar-refractivity contribution in [1.82, 2.24) is 4.90 Å². The Balaban J connectivity index is 1.73. The van der Waals surface area contributed by atoms with Crippen LogP contribution in [0.25, 0.3) is 0 Å². The van der Waals surface area contributed by atoms with E-state index in [1.165, 1.54) is 58.2 Å². The average molecular weight is 225 g/mol. The fourth-order valence-electron chi connectivity index (χ4n) is 3.35. The molecule has 2 atom stereocenters. The number of piperidine rings is 1. The zero-order valence-corrected chi connectivity index (χ0v) is 10.7. The van der Waals surface area contributed by atoms with E-state index in [9.17, 15) is 0 Å². The molecule has 0 spiro atoms. The summed E-state index contributed by atoms with van der Waals surface area (Å²) in [6.07, 6.45) is 8.19. The van der Waals surface area contributed by atoms with Gasteiger partial charge in [-0.15, -0.1) is 0 Å². The lowest BCUT2D eigenvalue weighted by Crippen LogP contribution is -2.39. The molecule has 1 N–H and O–H groups in total. The van der Waals surface area contributed by atoms with Gasteiger partial charge in [-0.1, -0.05) is 26.2 Å². The highest BCUT2D eigenvalue weighted by atomic mass is 16.3. The molecule has 1 aliphatic carbocycles. The SMILES string of the molecule is CC1CCCCC1CN1CCC(CO)CC1. The Morgan fingerprint density at radius 1 is 1.06 bits per heavy atom. The van der Waals surface area contributed by atoms with Crippen LogP contribution in [0, 0.1) is 17.8 Å². The number of aliphatic hydroxyl groups excluding tert-OH is 1. The molecule has 0 aromatic rings. The van der Waals surface area contributed by atoms with Gasteiger partial charge in [-0.3, -0.25) is 0 Å². The summed E-state index contributed by atoms with van der Waals surface area (Å²) in [5, 5.41) is 9.12. The highest BCUT2D eigenvalue weighted by Crippen LogP contribution is 2.31. The van der Waals surface area contributed by atoms with Gasteiger partial charge >= 0.3 is 0 Å². The van der Waals surface area contributed by atoms with Gasteiger partial charge in [0.25, 0.3) is 0 Å². The summed E-state index contributed by atoms with van der Waals surface area (Å²) in [6, 6.07) is 0. The van der Waals surface area contributed by atoms with Crippen molar-refractivity contribution in [3.8, 4) is 0 Å². The lowest BCUT2D eigenvalue weighted by molar-refractivity contribution is 0.0988. The van der Waals surface area contributed by atoms with E-state index in [0.29, 0.717) is 12.5 Å². The van der Waals surface area contributed by atoms with Crippen molar-refractivity contribution in [2.75, 3.05) is 26.2 Å². The van der Waals surface area contributed by atoms with Crippen LogP contribution in [0.1, 0.15) is 45.4 Å². The summed E-state index contributed by atoms with van der Waals surface area (Å²) >= 11 is 0. The van der Waals surface area contributed by atoms with Gasteiger partial charge in [0.05, 0.1) is 0 Å². The molecule has 0 bridgehead atoms. The predicted molar refractivity (Wildman–Crippen MR) is 67.4 cm³/mol. The van der Waals surface area contributed by atoms with Crippen LogP contribution in [-0.2, 0) is 0 Å². The van der Waals surface area contributed by atoms with Gasteiger partial charge in [0.15, 0.2) is 0 Å². The summed E-state index contributed by atoms with van der Waals surface area (Å²) in [5.41, 5.74) is 0. The van der Waals surface area contributed by atoms with Crippen molar-refractivity contribution in [3.63, 3.8) is 0 Å². The molecule has 0 radical (unpaired) electrons. The topological polar surface area (TPSA) is 23.5 Å². The molecule has 0 aromatic carbocycles. The van der Waals surface area contributed by atoms with Gasteiger partial charge in [0.1, 0.15) is 0 Å². The standard InChI is InChI=1S/C14H27NO/c1-12-4-2-3-5-14(12)10-15-8-6-13(11-16)7-9-15/h12-14,16H,2-11H2,1H3. The van der Waals surface area contributed by atoms with E-state index in [1.54, 1.807) is 0 Å². The van der Waals surface area contributed by atoms with Crippen molar-refractivity contribution in [2.45, 2.75) is 45.4 Å². The third-order valence-corrected chi connectivity index (χ3v) is 4.75. The molecule has 2 aliphatic rings. The largest absolute Gasteiger partial charge is 0.396 e. The third kappa shape index (κ3) is 3.21. The molecule has 1 saturated heterocycles. The van der Waals surface area contributed by atoms with Gasteiger partial charge in [-0.05, 0) is 50.1 Å². The Hall–Kier alpha value is -0.0800. The van der Waals surface area contributed by atoms with Crippen molar-refractivity contribution in [1.29, 1.82) is 0 Å². The third-order valence-electron chi connectivity index (χ3n) is 4.75. The summed E-state index contributed by atoms with van der Waals surface area (Å²) in [5.74, 6) is 2.46. The second-order valence-corrected chi connectivity index (χ2v) is 5.95.